The van der Waals surface area contributed by atoms with Crippen LogP contribution < -0.4 is 5.32 Å². The first-order valence-corrected chi connectivity index (χ1v) is 9.41. The molecule has 1 aromatic carbocycles. The Labute approximate surface area is 156 Å². The van der Waals surface area contributed by atoms with Crippen molar-refractivity contribution in [2.45, 2.75) is 39.2 Å². The lowest BCUT2D eigenvalue weighted by Gasteiger charge is -2.43. The highest BCUT2D eigenvalue weighted by Gasteiger charge is 2.33. The Morgan fingerprint density at radius 3 is 2.65 bits per heavy atom. The highest BCUT2D eigenvalue weighted by atomic mass is 16.2. The molecule has 0 bridgehead atoms. The van der Waals surface area contributed by atoms with Crippen LogP contribution in [0, 0.1) is 5.92 Å². The van der Waals surface area contributed by atoms with Gasteiger partial charge in [0.1, 0.15) is 6.54 Å². The predicted octanol–water partition coefficient (Wildman–Crippen LogP) is 2.74. The van der Waals surface area contributed by atoms with E-state index in [2.05, 4.69) is 37.6 Å². The van der Waals surface area contributed by atoms with Crippen LogP contribution >= 0.6 is 0 Å². The highest BCUT2D eigenvalue weighted by molar-refractivity contribution is 6.10. The molecule has 0 saturated carbocycles. The lowest BCUT2D eigenvalue weighted by atomic mass is 9.93. The average Bonchev–Trinajstić information content (AvgIpc) is 2.85. The molecular formula is C21H29N3O2. The second kappa shape index (κ2) is 7.23. The van der Waals surface area contributed by atoms with Crippen molar-refractivity contribution in [1.29, 1.82) is 0 Å². The fraction of sp³-hybridized carbons (Fsp3) is 0.524. The minimum atomic E-state index is -0.148. The Balaban J connectivity index is 1.56. The molecule has 3 rings (SSSR count). The van der Waals surface area contributed by atoms with Gasteiger partial charge >= 0.3 is 0 Å². The lowest BCUT2D eigenvalue weighted by Crippen LogP contribution is -2.55. The van der Waals surface area contributed by atoms with Gasteiger partial charge < -0.3 is 5.32 Å². The standard InChI is InChI=1S/C21H29N3O2/c1-15-8-7-11-23(12-15)21(3,4)14-22-19(25)13-24-16(2)17-9-5-6-10-18(17)20(24)26/h5-6,9-10,15H,2,7-8,11-14H2,1,3-4H3,(H,22,25). The maximum absolute atomic E-state index is 12.5. The largest absolute Gasteiger partial charge is 0.353 e. The van der Waals surface area contributed by atoms with Gasteiger partial charge in [-0.15, -0.1) is 0 Å². The second-order valence-electron chi connectivity index (χ2n) is 8.17. The van der Waals surface area contributed by atoms with Crippen LogP contribution in [-0.2, 0) is 4.79 Å². The molecule has 2 amide bonds. The zero-order valence-electron chi connectivity index (χ0n) is 16.0. The van der Waals surface area contributed by atoms with Crippen LogP contribution in [0.2, 0.25) is 0 Å². The minimum Gasteiger partial charge on any atom is -0.353 e. The number of benzene rings is 1. The summed E-state index contributed by atoms with van der Waals surface area (Å²) >= 11 is 0. The summed E-state index contributed by atoms with van der Waals surface area (Å²) in [4.78, 5) is 28.9. The van der Waals surface area contributed by atoms with Gasteiger partial charge in [-0.2, -0.15) is 0 Å². The number of likely N-dealkylation sites (tertiary alicyclic amines) is 1. The van der Waals surface area contributed by atoms with E-state index in [0.717, 1.165) is 18.7 Å². The van der Waals surface area contributed by atoms with Crippen molar-refractivity contribution < 1.29 is 9.59 Å². The third kappa shape index (κ3) is 3.68. The van der Waals surface area contributed by atoms with Crippen molar-refractivity contribution in [2.24, 2.45) is 5.92 Å². The number of nitrogens with zero attached hydrogens (tertiary/aromatic N) is 2. The summed E-state index contributed by atoms with van der Waals surface area (Å²) in [6.45, 7) is 13.3. The van der Waals surface area contributed by atoms with E-state index in [9.17, 15) is 9.59 Å². The van der Waals surface area contributed by atoms with Crippen molar-refractivity contribution in [2.75, 3.05) is 26.2 Å². The van der Waals surface area contributed by atoms with Crippen LogP contribution in [0.3, 0.4) is 0 Å². The van der Waals surface area contributed by atoms with Gasteiger partial charge in [-0.3, -0.25) is 19.4 Å². The predicted molar refractivity (Wildman–Crippen MR) is 104 cm³/mol. The number of hydrogen-bond donors (Lipinski definition) is 1. The second-order valence-corrected chi connectivity index (χ2v) is 8.17. The third-order valence-electron chi connectivity index (χ3n) is 5.57. The van der Waals surface area contributed by atoms with Crippen molar-refractivity contribution in [3.63, 3.8) is 0 Å². The lowest BCUT2D eigenvalue weighted by molar-refractivity contribution is -0.121. The van der Waals surface area contributed by atoms with E-state index in [-0.39, 0.29) is 23.9 Å². The number of amides is 2. The quantitative estimate of drug-likeness (QED) is 0.884. The molecule has 0 aliphatic carbocycles. The zero-order valence-corrected chi connectivity index (χ0v) is 16.0. The van der Waals surface area contributed by atoms with Crippen LogP contribution in [0.25, 0.3) is 5.70 Å². The van der Waals surface area contributed by atoms with E-state index in [1.807, 2.05) is 18.2 Å². The Bertz CT molecular complexity index is 691. The first-order valence-electron chi connectivity index (χ1n) is 9.41. The number of piperidine rings is 1. The molecule has 0 radical (unpaired) electrons. The number of rotatable bonds is 5. The summed E-state index contributed by atoms with van der Waals surface area (Å²) in [5.41, 5.74) is 1.94. The molecule has 1 fully saturated rings. The molecule has 5 nitrogen and oxygen atoms in total. The zero-order chi connectivity index (χ0) is 18.9. The van der Waals surface area contributed by atoms with Gasteiger partial charge in [0.05, 0.1) is 0 Å². The van der Waals surface area contributed by atoms with E-state index in [1.165, 1.54) is 17.7 Å². The first-order chi connectivity index (χ1) is 12.3. The van der Waals surface area contributed by atoms with E-state index in [0.29, 0.717) is 23.7 Å². The SMILES string of the molecule is C=C1c2ccccc2C(=O)N1CC(=O)NCC(C)(C)N1CCCC(C)C1. The normalized spacial score (nSPS) is 21.0. The number of nitrogens with one attached hydrogen (secondary N) is 1. The van der Waals surface area contributed by atoms with E-state index in [4.69, 9.17) is 0 Å². The average molecular weight is 355 g/mol. The number of hydrogen-bond acceptors (Lipinski definition) is 3. The van der Waals surface area contributed by atoms with Crippen molar-refractivity contribution in [1.82, 2.24) is 15.1 Å². The van der Waals surface area contributed by atoms with Crippen LogP contribution in [0.5, 0.6) is 0 Å². The molecule has 0 aromatic heterocycles. The minimum absolute atomic E-state index is 0.0127. The smallest absolute Gasteiger partial charge is 0.259 e. The number of carbonyl (C=O) groups is 2. The van der Waals surface area contributed by atoms with Crippen molar-refractivity contribution in [3.05, 3.63) is 42.0 Å². The van der Waals surface area contributed by atoms with Crippen LogP contribution in [0.1, 0.15) is 49.5 Å². The Morgan fingerprint density at radius 1 is 1.31 bits per heavy atom. The molecule has 1 aromatic rings. The Kier molecular flexibility index (Phi) is 5.19. The van der Waals surface area contributed by atoms with E-state index < -0.39 is 0 Å². The van der Waals surface area contributed by atoms with Gasteiger partial charge in [0.25, 0.3) is 5.91 Å². The summed E-state index contributed by atoms with van der Waals surface area (Å²) in [6, 6.07) is 7.36. The van der Waals surface area contributed by atoms with Crippen LogP contribution in [0.4, 0.5) is 0 Å². The van der Waals surface area contributed by atoms with Gasteiger partial charge in [0.15, 0.2) is 0 Å². The molecule has 1 atom stereocenters. The summed E-state index contributed by atoms with van der Waals surface area (Å²) < 4.78 is 0. The van der Waals surface area contributed by atoms with Gasteiger partial charge in [0, 0.05) is 35.5 Å². The van der Waals surface area contributed by atoms with E-state index in [1.54, 1.807) is 6.07 Å². The molecule has 0 spiro atoms. The van der Waals surface area contributed by atoms with Gasteiger partial charge in [0.2, 0.25) is 5.91 Å². The molecule has 140 valence electrons. The molecule has 1 N–H and O–H groups in total. The summed E-state index contributed by atoms with van der Waals surface area (Å²) in [5, 5.41) is 3.01. The maximum Gasteiger partial charge on any atom is 0.259 e. The summed E-state index contributed by atoms with van der Waals surface area (Å²) in [7, 11) is 0. The maximum atomic E-state index is 12.5. The summed E-state index contributed by atoms with van der Waals surface area (Å²) in [6.07, 6.45) is 2.48. The summed E-state index contributed by atoms with van der Waals surface area (Å²) in [5.74, 6) is 0.401. The first kappa shape index (κ1) is 18.6. The molecule has 2 heterocycles. The molecule has 2 aliphatic rings. The monoisotopic (exact) mass is 355 g/mol. The molecular weight excluding hydrogens is 326 g/mol. The number of carbonyl (C=O) groups excluding carboxylic acids is 2. The van der Waals surface area contributed by atoms with E-state index >= 15 is 0 Å². The van der Waals surface area contributed by atoms with Crippen molar-refractivity contribution >= 4 is 17.5 Å². The fourth-order valence-electron chi connectivity index (χ4n) is 3.87. The topological polar surface area (TPSA) is 52.7 Å². The Morgan fingerprint density at radius 2 is 2.00 bits per heavy atom. The Hall–Kier alpha value is -2.14. The van der Waals surface area contributed by atoms with Crippen molar-refractivity contribution in [3.8, 4) is 0 Å². The number of fused-ring (bicyclic) bond motifs is 1. The molecule has 1 saturated heterocycles. The van der Waals surface area contributed by atoms with Crippen LogP contribution in [0.15, 0.2) is 30.8 Å². The van der Waals surface area contributed by atoms with Gasteiger partial charge in [-0.05, 0) is 45.2 Å². The molecule has 1 unspecified atom stereocenters. The van der Waals surface area contributed by atoms with Crippen LogP contribution in [-0.4, -0.2) is 53.3 Å². The molecule has 5 heteroatoms. The fourth-order valence-corrected chi connectivity index (χ4v) is 3.87. The highest BCUT2D eigenvalue weighted by Crippen LogP contribution is 2.30. The van der Waals surface area contributed by atoms with Gasteiger partial charge in [-0.25, -0.2) is 0 Å². The molecule has 2 aliphatic heterocycles. The molecule has 26 heavy (non-hydrogen) atoms. The third-order valence-corrected chi connectivity index (χ3v) is 5.57. The van der Waals surface area contributed by atoms with Gasteiger partial charge in [-0.1, -0.05) is 31.7 Å².